The van der Waals surface area contributed by atoms with Crippen LogP contribution in [0.2, 0.25) is 0 Å². The number of rotatable bonds is 2. The standard InChI is InChI=1S/C3H7NO.2CH3O.2ClH.Pd/c1-2-5-3-4-1;2*1-2;;;/h4H,1-3H2;2*1H3;2*1H;/q;2*-1;;;+4/p-2. The van der Waals surface area contributed by atoms with Crippen molar-refractivity contribution < 1.29 is 55.2 Å². The molecule has 0 spiro atoms. The molecule has 0 radical (unpaired) electrons. The van der Waals surface area contributed by atoms with Gasteiger partial charge in [-0.1, -0.05) is 0 Å². The van der Waals surface area contributed by atoms with Crippen LogP contribution in [0, 0.1) is 0 Å². The summed E-state index contributed by atoms with van der Waals surface area (Å²) >= 11 is 0.0444. The molecule has 0 atom stereocenters. The zero-order chi connectivity index (χ0) is 7.66. The molecule has 0 bridgehead atoms. The summed E-state index contributed by atoms with van der Waals surface area (Å²) in [6, 6.07) is 0. The molecule has 1 aliphatic heterocycles. The first kappa shape index (κ1) is 18.8. The van der Waals surface area contributed by atoms with Crippen LogP contribution >= 0.6 is 0 Å². The fraction of sp³-hybridized carbons (Fsp3) is 1.00. The molecule has 1 heterocycles. The van der Waals surface area contributed by atoms with E-state index in [1.54, 1.807) is 14.2 Å². The topological polar surface area (TPSA) is 39.7 Å². The van der Waals surface area contributed by atoms with E-state index in [0.717, 1.165) is 19.9 Å². The Balaban J connectivity index is -0.000000116. The van der Waals surface area contributed by atoms with Crippen molar-refractivity contribution in [3.8, 4) is 0 Å². The average molecular weight is 312 g/mol. The first-order valence-corrected chi connectivity index (χ1v) is 4.13. The Bertz CT molecular complexity index is 59.0. The van der Waals surface area contributed by atoms with Crippen molar-refractivity contribution >= 4 is 0 Å². The Morgan fingerprint density at radius 1 is 1.25 bits per heavy atom. The van der Waals surface area contributed by atoms with Gasteiger partial charge in [0.25, 0.3) is 0 Å². The van der Waals surface area contributed by atoms with Gasteiger partial charge in [0.2, 0.25) is 0 Å². The molecule has 0 aliphatic carbocycles. The van der Waals surface area contributed by atoms with Gasteiger partial charge >= 0.3 is 39.9 Å². The molecule has 0 unspecified atom stereocenters. The fourth-order valence-corrected chi connectivity index (χ4v) is 0.673. The Morgan fingerprint density at radius 2 is 1.83 bits per heavy atom. The van der Waals surface area contributed by atoms with Crippen molar-refractivity contribution in [1.29, 1.82) is 0 Å². The van der Waals surface area contributed by atoms with Gasteiger partial charge in [0, 0.05) is 6.54 Å². The quantitative estimate of drug-likeness (QED) is 0.515. The van der Waals surface area contributed by atoms with E-state index in [2.05, 4.69) is 12.2 Å². The maximum atomic E-state index is 4.83. The minimum Gasteiger partial charge on any atom is -1.00 e. The molecule has 0 aromatic heterocycles. The smallest absolute Gasteiger partial charge is 1.00 e. The largest absolute Gasteiger partial charge is 1.00 e. The third-order valence-electron chi connectivity index (χ3n) is 0.733. The van der Waals surface area contributed by atoms with E-state index in [9.17, 15) is 0 Å². The van der Waals surface area contributed by atoms with Crippen LogP contribution in [0.1, 0.15) is 0 Å². The SMILES string of the molecule is C1COCN1.C[O][Pd+2][O]C.[Cl-].[Cl-]. The number of ether oxygens (including phenoxy) is 1. The van der Waals surface area contributed by atoms with Gasteiger partial charge in [0.15, 0.2) is 0 Å². The molecule has 7 heteroatoms. The number of hydrogen-bond donors (Lipinski definition) is 1. The minimum absolute atomic E-state index is 0. The van der Waals surface area contributed by atoms with Crippen molar-refractivity contribution in [3.05, 3.63) is 0 Å². The third-order valence-corrected chi connectivity index (χ3v) is 1.25. The average Bonchev–Trinajstić information content (AvgIpc) is 2.44. The second-order valence-electron chi connectivity index (χ2n) is 1.36. The van der Waals surface area contributed by atoms with Gasteiger partial charge in [0.05, 0.1) is 13.3 Å². The second kappa shape index (κ2) is 18.0. The van der Waals surface area contributed by atoms with Gasteiger partial charge in [-0.3, -0.25) is 5.32 Å². The summed E-state index contributed by atoms with van der Waals surface area (Å²) in [4.78, 5) is 0. The molecule has 0 aromatic carbocycles. The molecule has 0 saturated carbocycles. The van der Waals surface area contributed by atoms with Crippen molar-refractivity contribution in [2.75, 3.05) is 34.1 Å². The summed E-state index contributed by atoms with van der Waals surface area (Å²) in [6.45, 7) is 2.67. The molecule has 1 fully saturated rings. The molecule has 12 heavy (non-hydrogen) atoms. The van der Waals surface area contributed by atoms with Crippen molar-refractivity contribution in [2.45, 2.75) is 0 Å². The van der Waals surface area contributed by atoms with Crippen LogP contribution in [0.3, 0.4) is 0 Å². The predicted molar refractivity (Wildman–Crippen MR) is 32.8 cm³/mol. The molecule has 80 valence electrons. The molecule has 0 aromatic rings. The van der Waals surface area contributed by atoms with Gasteiger partial charge in [-0.2, -0.15) is 0 Å². The Labute approximate surface area is 94.6 Å². The maximum Gasteiger partial charge on any atom is -1.00 e. The molecular formula is C5H13Cl2NO3Pd. The molecule has 4 nitrogen and oxygen atoms in total. The monoisotopic (exact) mass is 311 g/mol. The van der Waals surface area contributed by atoms with E-state index in [0.29, 0.717) is 0 Å². The van der Waals surface area contributed by atoms with E-state index in [-0.39, 0.29) is 43.5 Å². The van der Waals surface area contributed by atoms with E-state index in [4.69, 9.17) is 4.74 Å². The van der Waals surface area contributed by atoms with Gasteiger partial charge in [-0.05, 0) is 0 Å². The Kier molecular flexibility index (Phi) is 28.2. The number of nitrogens with one attached hydrogen (secondary N) is 1. The van der Waals surface area contributed by atoms with E-state index >= 15 is 0 Å². The van der Waals surface area contributed by atoms with Gasteiger partial charge in [-0.15, -0.1) is 0 Å². The van der Waals surface area contributed by atoms with Crippen LogP contribution in [0.5, 0.6) is 0 Å². The van der Waals surface area contributed by atoms with Gasteiger partial charge in [0.1, 0.15) is 0 Å². The number of halogens is 2. The van der Waals surface area contributed by atoms with Crippen LogP contribution < -0.4 is 30.1 Å². The van der Waals surface area contributed by atoms with Gasteiger partial charge < -0.3 is 29.6 Å². The van der Waals surface area contributed by atoms with Gasteiger partial charge in [-0.25, -0.2) is 0 Å². The van der Waals surface area contributed by atoms with E-state index < -0.39 is 0 Å². The summed E-state index contributed by atoms with van der Waals surface area (Å²) < 4.78 is 13.9. The summed E-state index contributed by atoms with van der Waals surface area (Å²) in [5.41, 5.74) is 0. The van der Waals surface area contributed by atoms with Crippen molar-refractivity contribution in [3.63, 3.8) is 0 Å². The Morgan fingerprint density at radius 3 is 1.92 bits per heavy atom. The first-order chi connectivity index (χ1) is 4.91. The number of hydrogen-bond acceptors (Lipinski definition) is 4. The van der Waals surface area contributed by atoms with Crippen LogP contribution in [0.25, 0.3) is 0 Å². The molecule has 1 saturated heterocycles. The van der Waals surface area contributed by atoms with Crippen LogP contribution in [-0.4, -0.2) is 34.1 Å². The van der Waals surface area contributed by atoms with Crippen LogP contribution in [-0.2, 0) is 30.4 Å². The molecule has 1 rings (SSSR count). The minimum atomic E-state index is 0. The van der Waals surface area contributed by atoms with E-state index in [1.807, 2.05) is 0 Å². The normalized spacial score (nSPS) is 13.8. The third kappa shape index (κ3) is 17.2. The zero-order valence-electron chi connectivity index (χ0n) is 6.92. The van der Waals surface area contributed by atoms with Crippen molar-refractivity contribution in [2.24, 2.45) is 0 Å². The maximum absolute atomic E-state index is 4.83. The van der Waals surface area contributed by atoms with E-state index in [1.165, 1.54) is 0 Å². The zero-order valence-corrected chi connectivity index (χ0v) is 9.98. The van der Waals surface area contributed by atoms with Crippen LogP contribution in [0.4, 0.5) is 0 Å². The molecule has 1 N–H and O–H groups in total. The van der Waals surface area contributed by atoms with Crippen molar-refractivity contribution in [1.82, 2.24) is 5.32 Å². The molecule has 0 amide bonds. The molecule has 1 aliphatic rings. The summed E-state index contributed by atoms with van der Waals surface area (Å²) in [6.07, 6.45) is 0. The first-order valence-electron chi connectivity index (χ1n) is 2.86. The van der Waals surface area contributed by atoms with Crippen LogP contribution in [0.15, 0.2) is 0 Å². The summed E-state index contributed by atoms with van der Waals surface area (Å²) in [5, 5.41) is 3.00. The fourth-order valence-electron chi connectivity index (χ4n) is 0.414. The summed E-state index contributed by atoms with van der Waals surface area (Å²) in [5.74, 6) is 0. The Hall–Kier alpha value is 1.08. The summed E-state index contributed by atoms with van der Waals surface area (Å²) in [7, 11) is 3.22. The second-order valence-corrected chi connectivity index (χ2v) is 2.89. The predicted octanol–water partition coefficient (Wildman–Crippen LogP) is -6.24. The molecular weight excluding hydrogens is 299 g/mol.